The molecule has 0 saturated carbocycles. The third kappa shape index (κ3) is 11.4. The fourth-order valence-electron chi connectivity index (χ4n) is 12.6. The Morgan fingerprint density at radius 3 is 1.36 bits per heavy atom. The van der Waals surface area contributed by atoms with Gasteiger partial charge in [0.2, 0.25) is 0 Å². The lowest BCUT2D eigenvalue weighted by Crippen LogP contribution is -2.27. The number of hydrogen-bond acceptors (Lipinski definition) is 2. The van der Waals surface area contributed by atoms with Crippen LogP contribution >= 0.6 is 0 Å². The number of hydrogen-bond donors (Lipinski definition) is 2. The summed E-state index contributed by atoms with van der Waals surface area (Å²) in [5, 5.41) is 13.0. The van der Waals surface area contributed by atoms with Crippen molar-refractivity contribution in [2.24, 2.45) is 0 Å². The maximum atomic E-state index is 4.06. The molecule has 8 rings (SSSR count). The second-order valence-electron chi connectivity index (χ2n) is 22.8. The highest BCUT2D eigenvalue weighted by Crippen LogP contribution is 2.56. The molecule has 0 aliphatic heterocycles. The highest BCUT2D eigenvalue weighted by Gasteiger charge is 2.43. The summed E-state index contributed by atoms with van der Waals surface area (Å²) in [7, 11) is 2.12. The van der Waals surface area contributed by atoms with E-state index in [0.717, 1.165) is 6.54 Å². The fraction of sp³-hybridized carbons (Fsp3) is 0.457. The summed E-state index contributed by atoms with van der Waals surface area (Å²) >= 11 is 0. The van der Waals surface area contributed by atoms with E-state index in [-0.39, 0.29) is 16.2 Å². The van der Waals surface area contributed by atoms with Gasteiger partial charge in [0, 0.05) is 40.6 Å². The summed E-state index contributed by atoms with van der Waals surface area (Å²) < 4.78 is 0. The number of unbranched alkanes of at least 4 members (excludes halogenated alkanes) is 15. The van der Waals surface area contributed by atoms with Gasteiger partial charge in [-0.05, 0) is 104 Å². The maximum Gasteiger partial charge on any atom is 0.0662 e. The van der Waals surface area contributed by atoms with E-state index < -0.39 is 0 Å². The van der Waals surface area contributed by atoms with Crippen molar-refractivity contribution >= 4 is 32.9 Å². The van der Waals surface area contributed by atoms with E-state index in [1.165, 1.54) is 206 Å². The average molecular weight is 960 g/mol. The van der Waals surface area contributed by atoms with Crippen LogP contribution < -0.4 is 10.6 Å². The summed E-state index contributed by atoms with van der Waals surface area (Å²) in [5.74, 6) is 0. The SMILES string of the molecule is CCCCCCCCNc1c(NC)c2cc(-c3ccc4c(c3)C(CCCCCCCC)(CCCCCCCC)c3cc(C(C)(C)c5ccccc5)ccc3-4)ccc2c2ccc(C(C)(C)c3ccccc3)cc12. The van der Waals surface area contributed by atoms with Gasteiger partial charge in [-0.15, -0.1) is 0 Å². The highest BCUT2D eigenvalue weighted by atomic mass is 14.9. The van der Waals surface area contributed by atoms with E-state index in [2.05, 4.69) is 200 Å². The fourth-order valence-corrected chi connectivity index (χ4v) is 12.6. The predicted octanol–water partition coefficient (Wildman–Crippen LogP) is 20.9. The second kappa shape index (κ2) is 24.6. The summed E-state index contributed by atoms with van der Waals surface area (Å²) in [6.07, 6.45) is 25.9. The molecule has 72 heavy (non-hydrogen) atoms. The molecule has 2 heteroatoms. The summed E-state index contributed by atoms with van der Waals surface area (Å²) in [6.45, 7) is 17.5. The van der Waals surface area contributed by atoms with Crippen molar-refractivity contribution in [2.75, 3.05) is 24.2 Å². The van der Waals surface area contributed by atoms with Gasteiger partial charge in [0.1, 0.15) is 0 Å². The van der Waals surface area contributed by atoms with E-state index in [9.17, 15) is 0 Å². The molecule has 2 N–H and O–H groups in total. The zero-order valence-corrected chi connectivity index (χ0v) is 46.1. The van der Waals surface area contributed by atoms with Gasteiger partial charge in [-0.1, -0.05) is 273 Å². The number of fused-ring (bicyclic) bond motifs is 6. The maximum absolute atomic E-state index is 4.06. The molecule has 0 fully saturated rings. The quantitative estimate of drug-likeness (QED) is 0.0290. The molecule has 7 aromatic rings. The van der Waals surface area contributed by atoms with E-state index in [4.69, 9.17) is 0 Å². The Bertz CT molecular complexity index is 2810. The molecular weight excluding hydrogens is 869 g/mol. The molecule has 0 heterocycles. The first-order valence-corrected chi connectivity index (χ1v) is 29.0. The van der Waals surface area contributed by atoms with Crippen LogP contribution in [0, 0.1) is 0 Å². The lowest BCUT2D eigenvalue weighted by atomic mass is 9.68. The summed E-state index contributed by atoms with van der Waals surface area (Å²) in [6, 6.07) is 52.1. The van der Waals surface area contributed by atoms with Gasteiger partial charge in [-0.25, -0.2) is 0 Å². The van der Waals surface area contributed by atoms with Gasteiger partial charge in [-0.2, -0.15) is 0 Å². The minimum absolute atomic E-state index is 0.0268. The van der Waals surface area contributed by atoms with Crippen LogP contribution in [0.1, 0.15) is 210 Å². The van der Waals surface area contributed by atoms with Crippen LogP contribution in [0.4, 0.5) is 11.4 Å². The number of benzene rings is 7. The minimum Gasteiger partial charge on any atom is -0.386 e. The van der Waals surface area contributed by atoms with Crippen LogP contribution in [0.5, 0.6) is 0 Å². The average Bonchev–Trinajstić information content (AvgIpc) is 3.68. The Kier molecular flexibility index (Phi) is 18.1. The van der Waals surface area contributed by atoms with Gasteiger partial charge in [0.15, 0.2) is 0 Å². The third-order valence-electron chi connectivity index (χ3n) is 17.2. The van der Waals surface area contributed by atoms with Crippen molar-refractivity contribution < 1.29 is 0 Å². The number of nitrogens with one attached hydrogen (secondary N) is 2. The van der Waals surface area contributed by atoms with Crippen molar-refractivity contribution in [2.45, 2.75) is 193 Å². The van der Waals surface area contributed by atoms with Crippen molar-refractivity contribution in [3.05, 3.63) is 167 Å². The van der Waals surface area contributed by atoms with Crippen LogP contribution in [0.2, 0.25) is 0 Å². The first-order valence-electron chi connectivity index (χ1n) is 29.0. The monoisotopic (exact) mass is 959 g/mol. The standard InChI is InChI=1S/C70H90N2/c1-9-12-15-18-21-30-45-70(46-31-22-19-16-13-10-2)64-49-53(38-42-60(64)61-44-40-57(51-65(61)70)69(6,7)55-35-28-25-29-36-55)52-37-41-58-59-43-39-56(68(4,5)54-33-26-24-27-34-54)50-63(59)67(66(71-8)62(58)48-52)72-47-32-23-20-17-14-11-3/h24-29,33-44,48-51,71-72H,9-23,30-32,45-47H2,1-8H3. The molecular formula is C70H90N2. The molecule has 0 bridgehead atoms. The second-order valence-corrected chi connectivity index (χ2v) is 22.8. The van der Waals surface area contributed by atoms with E-state index in [1.807, 2.05) is 0 Å². The Balaban J connectivity index is 1.24. The van der Waals surface area contributed by atoms with Crippen LogP contribution in [0.25, 0.3) is 43.8 Å². The summed E-state index contributed by atoms with van der Waals surface area (Å²) in [5.41, 5.74) is 16.3. The molecule has 0 spiro atoms. The van der Waals surface area contributed by atoms with Crippen molar-refractivity contribution in [3.8, 4) is 22.3 Å². The van der Waals surface area contributed by atoms with Gasteiger partial charge in [0.25, 0.3) is 0 Å². The number of anilines is 2. The zero-order valence-electron chi connectivity index (χ0n) is 46.1. The third-order valence-corrected chi connectivity index (χ3v) is 17.2. The molecule has 1 aliphatic rings. The molecule has 380 valence electrons. The highest BCUT2D eigenvalue weighted by molar-refractivity contribution is 6.21. The molecule has 0 unspecified atom stereocenters. The van der Waals surface area contributed by atoms with Gasteiger partial charge in [0.05, 0.1) is 11.4 Å². The predicted molar refractivity (Wildman–Crippen MR) is 318 cm³/mol. The van der Waals surface area contributed by atoms with Gasteiger partial charge < -0.3 is 10.6 Å². The normalized spacial score (nSPS) is 13.2. The molecule has 7 aromatic carbocycles. The van der Waals surface area contributed by atoms with Gasteiger partial charge in [-0.3, -0.25) is 0 Å². The minimum atomic E-state index is -0.142. The molecule has 0 radical (unpaired) electrons. The Hall–Kier alpha value is -5.34. The molecule has 1 aliphatic carbocycles. The summed E-state index contributed by atoms with van der Waals surface area (Å²) in [4.78, 5) is 0. The van der Waals surface area contributed by atoms with Crippen LogP contribution in [0.15, 0.2) is 133 Å². The van der Waals surface area contributed by atoms with Crippen LogP contribution in [-0.4, -0.2) is 13.6 Å². The van der Waals surface area contributed by atoms with Crippen LogP contribution in [-0.2, 0) is 16.2 Å². The first-order chi connectivity index (χ1) is 35.1. The Labute approximate surface area is 437 Å². The lowest BCUT2D eigenvalue weighted by molar-refractivity contribution is 0.397. The molecule has 2 nitrogen and oxygen atoms in total. The van der Waals surface area contributed by atoms with Crippen molar-refractivity contribution in [1.29, 1.82) is 0 Å². The van der Waals surface area contributed by atoms with Crippen molar-refractivity contribution in [3.63, 3.8) is 0 Å². The first kappa shape index (κ1) is 53.0. The lowest BCUT2D eigenvalue weighted by Gasteiger charge is -2.35. The molecule has 0 atom stereocenters. The zero-order chi connectivity index (χ0) is 50.6. The topological polar surface area (TPSA) is 24.1 Å². The van der Waals surface area contributed by atoms with E-state index in [0.29, 0.717) is 0 Å². The smallest absolute Gasteiger partial charge is 0.0662 e. The van der Waals surface area contributed by atoms with E-state index >= 15 is 0 Å². The van der Waals surface area contributed by atoms with Gasteiger partial charge >= 0.3 is 0 Å². The molecule has 0 aromatic heterocycles. The van der Waals surface area contributed by atoms with Crippen molar-refractivity contribution in [1.82, 2.24) is 0 Å². The Morgan fingerprint density at radius 1 is 0.375 bits per heavy atom. The Morgan fingerprint density at radius 2 is 0.806 bits per heavy atom. The molecule has 0 saturated heterocycles. The molecule has 0 amide bonds. The number of rotatable bonds is 28. The van der Waals surface area contributed by atoms with Crippen LogP contribution in [0.3, 0.4) is 0 Å². The largest absolute Gasteiger partial charge is 0.386 e. The van der Waals surface area contributed by atoms with E-state index in [1.54, 1.807) is 11.1 Å².